The molecular formula is C12H19FN6O9P2. The Labute approximate surface area is 168 Å². The molecule has 6 N–H and O–H groups in total. The zero-order valence-corrected chi connectivity index (χ0v) is 17.3. The highest BCUT2D eigenvalue weighted by atomic mass is 31.3. The van der Waals surface area contributed by atoms with Crippen molar-refractivity contribution in [3.8, 4) is 0 Å². The number of aliphatic hydroxyl groups is 1. The number of hydrogen-bond donors (Lipinski definition) is 5. The normalized spacial score (nSPS) is 26.8. The molecule has 0 bridgehead atoms. The van der Waals surface area contributed by atoms with Gasteiger partial charge in [-0.3, -0.25) is 9.09 Å². The molecule has 18 heteroatoms. The monoisotopic (exact) mass is 472 g/mol. The van der Waals surface area contributed by atoms with E-state index < -0.39 is 46.9 Å². The lowest BCUT2D eigenvalue weighted by Crippen LogP contribution is -2.31. The molecule has 0 radical (unpaired) electrons. The van der Waals surface area contributed by atoms with Gasteiger partial charge >= 0.3 is 15.6 Å². The van der Waals surface area contributed by atoms with Gasteiger partial charge in [-0.25, -0.2) is 18.5 Å². The van der Waals surface area contributed by atoms with Crippen LogP contribution in [-0.4, -0.2) is 78.4 Å². The fourth-order valence-electron chi connectivity index (χ4n) is 2.81. The number of hydrogen-bond acceptors (Lipinski definition) is 11. The Hall–Kier alpha value is -1.74. The fourth-order valence-corrected chi connectivity index (χ4v) is 4.41. The van der Waals surface area contributed by atoms with Crippen molar-refractivity contribution in [3.05, 3.63) is 6.33 Å². The van der Waals surface area contributed by atoms with E-state index in [-0.39, 0.29) is 17.1 Å². The van der Waals surface area contributed by atoms with Crippen molar-refractivity contribution in [2.45, 2.75) is 24.6 Å². The summed E-state index contributed by atoms with van der Waals surface area (Å²) in [5.74, 6) is 0.249. The first kappa shape index (κ1) is 22.9. The third kappa shape index (κ3) is 4.77. The molecule has 3 rings (SSSR count). The van der Waals surface area contributed by atoms with Gasteiger partial charge in [0.1, 0.15) is 12.2 Å². The Bertz CT molecular complexity index is 1030. The molecule has 5 atom stereocenters. The smallest absolute Gasteiger partial charge is 0.387 e. The van der Waals surface area contributed by atoms with Gasteiger partial charge in [-0.2, -0.15) is 14.3 Å². The van der Waals surface area contributed by atoms with Crippen molar-refractivity contribution >= 4 is 38.6 Å². The predicted octanol–water partition coefficient (Wildman–Crippen LogP) is -0.703. The van der Waals surface area contributed by atoms with Gasteiger partial charge in [-0.1, -0.05) is 0 Å². The van der Waals surface area contributed by atoms with Gasteiger partial charge in [0.15, 0.2) is 29.4 Å². The number of aromatic nitrogens is 4. The number of alkyl halides is 1. The van der Waals surface area contributed by atoms with Crippen LogP contribution in [0.25, 0.3) is 11.2 Å². The summed E-state index contributed by atoms with van der Waals surface area (Å²) in [4.78, 5) is 40.3. The summed E-state index contributed by atoms with van der Waals surface area (Å²) in [6, 6.07) is 0. The van der Waals surface area contributed by atoms with E-state index in [4.69, 9.17) is 20.3 Å². The molecule has 0 amide bonds. The van der Waals surface area contributed by atoms with Crippen molar-refractivity contribution in [1.29, 1.82) is 0 Å². The van der Waals surface area contributed by atoms with Crippen molar-refractivity contribution in [3.63, 3.8) is 0 Å². The summed E-state index contributed by atoms with van der Waals surface area (Å²) in [6.07, 6.45) is -5.57. The molecule has 0 aromatic carbocycles. The van der Waals surface area contributed by atoms with E-state index in [2.05, 4.69) is 23.8 Å². The summed E-state index contributed by atoms with van der Waals surface area (Å²) in [5, 5.41) is 10.1. The van der Waals surface area contributed by atoms with E-state index in [9.17, 15) is 23.5 Å². The predicted molar refractivity (Wildman–Crippen MR) is 97.8 cm³/mol. The average molecular weight is 472 g/mol. The molecule has 1 aliphatic rings. The number of halogens is 1. The first-order valence-corrected chi connectivity index (χ1v) is 11.2. The molecular weight excluding hydrogens is 453 g/mol. The molecule has 15 nitrogen and oxygen atoms in total. The van der Waals surface area contributed by atoms with Crippen LogP contribution >= 0.6 is 15.6 Å². The largest absolute Gasteiger partial charge is 0.481 e. The van der Waals surface area contributed by atoms with Crippen molar-refractivity contribution in [2.75, 3.05) is 31.3 Å². The van der Waals surface area contributed by atoms with Crippen molar-refractivity contribution in [1.82, 2.24) is 19.5 Å². The Balaban J connectivity index is 1.82. The van der Waals surface area contributed by atoms with Crippen LogP contribution in [0.3, 0.4) is 0 Å². The highest BCUT2D eigenvalue weighted by Crippen LogP contribution is 2.57. The van der Waals surface area contributed by atoms with Gasteiger partial charge in [0.2, 0.25) is 5.95 Å². The number of phosphoric acid groups is 2. The average Bonchev–Trinajstić information content (AvgIpc) is 3.12. The van der Waals surface area contributed by atoms with Gasteiger partial charge in [-0.05, 0) is 0 Å². The fraction of sp³-hybridized carbons (Fsp3) is 0.583. The zero-order chi connectivity index (χ0) is 22.4. The lowest BCUT2D eigenvalue weighted by molar-refractivity contribution is -0.0450. The number of fused-ring (bicyclic) bond motifs is 1. The summed E-state index contributed by atoms with van der Waals surface area (Å²) < 4.78 is 51.5. The van der Waals surface area contributed by atoms with Crippen LogP contribution in [-0.2, 0) is 22.7 Å². The summed E-state index contributed by atoms with van der Waals surface area (Å²) in [6.45, 7) is -0.904. The van der Waals surface area contributed by atoms with Crippen LogP contribution in [0.15, 0.2) is 6.33 Å². The van der Waals surface area contributed by atoms with Gasteiger partial charge < -0.3 is 35.2 Å². The molecule has 168 valence electrons. The second kappa shape index (κ2) is 8.07. The number of nitrogen functional groups attached to an aromatic ring is 1. The van der Waals surface area contributed by atoms with Gasteiger partial charge in [0.25, 0.3) is 0 Å². The van der Waals surface area contributed by atoms with Crippen LogP contribution < -0.4 is 10.6 Å². The van der Waals surface area contributed by atoms with Gasteiger partial charge in [0, 0.05) is 14.1 Å². The zero-order valence-electron chi connectivity index (χ0n) is 15.5. The Morgan fingerprint density at radius 2 is 2.00 bits per heavy atom. The summed E-state index contributed by atoms with van der Waals surface area (Å²) in [7, 11) is -7.15. The lowest BCUT2D eigenvalue weighted by Gasteiger charge is -2.18. The van der Waals surface area contributed by atoms with E-state index in [0.717, 1.165) is 0 Å². The topological polar surface area (TPSA) is 216 Å². The number of rotatable bonds is 7. The van der Waals surface area contributed by atoms with E-state index in [1.54, 1.807) is 19.0 Å². The van der Waals surface area contributed by atoms with Crippen LogP contribution in [0.4, 0.5) is 16.2 Å². The number of anilines is 2. The number of nitrogens with two attached hydrogens (primary N) is 1. The molecule has 0 spiro atoms. The van der Waals surface area contributed by atoms with Gasteiger partial charge in [-0.15, -0.1) is 0 Å². The Kier molecular flexibility index (Phi) is 6.17. The molecule has 30 heavy (non-hydrogen) atoms. The maximum atomic E-state index is 14.7. The van der Waals surface area contributed by atoms with Crippen molar-refractivity contribution < 1.29 is 46.9 Å². The second-order valence-corrected chi connectivity index (χ2v) is 9.29. The molecule has 2 aromatic heterocycles. The Morgan fingerprint density at radius 3 is 2.60 bits per heavy atom. The van der Waals surface area contributed by atoms with E-state index >= 15 is 0 Å². The second-order valence-electron chi connectivity index (χ2n) is 6.46. The number of imidazole rings is 1. The maximum absolute atomic E-state index is 14.7. The molecule has 1 unspecified atom stereocenters. The van der Waals surface area contributed by atoms with E-state index in [1.165, 1.54) is 10.9 Å². The van der Waals surface area contributed by atoms with Gasteiger partial charge in [0.05, 0.1) is 12.9 Å². The molecule has 1 saturated heterocycles. The summed E-state index contributed by atoms with van der Waals surface area (Å²) >= 11 is 0. The first-order chi connectivity index (χ1) is 13.8. The summed E-state index contributed by atoms with van der Waals surface area (Å²) in [5.41, 5.74) is 6.10. The van der Waals surface area contributed by atoms with Crippen molar-refractivity contribution in [2.24, 2.45) is 0 Å². The minimum atomic E-state index is -5.33. The van der Waals surface area contributed by atoms with E-state index in [0.29, 0.717) is 5.82 Å². The molecule has 0 saturated carbocycles. The highest BCUT2D eigenvalue weighted by molar-refractivity contribution is 7.60. The number of aliphatic hydroxyl groups excluding tert-OH is 1. The molecule has 0 aliphatic carbocycles. The number of ether oxygens (including phenoxy) is 1. The van der Waals surface area contributed by atoms with Crippen LogP contribution in [0.5, 0.6) is 0 Å². The van der Waals surface area contributed by atoms with E-state index in [1.807, 2.05) is 0 Å². The standard InChI is InChI=1S/C12H19FN6O9P2/c1-18(2)9-7-10(17-12(14)16-9)19(4-15-7)11-6(13)8(20)5(27-11)3-26-30(24,25)28-29(21,22)23/h4-6,8,11,20H,3H2,1-2H3,(H,24,25)(H2,14,16,17)(H2,21,22,23)/t5-,6-,8-,11-/m1/s1. The Morgan fingerprint density at radius 1 is 1.33 bits per heavy atom. The molecule has 2 aromatic rings. The third-order valence-corrected chi connectivity index (χ3v) is 6.18. The minimum Gasteiger partial charge on any atom is -0.387 e. The number of phosphoric ester groups is 1. The highest BCUT2D eigenvalue weighted by Gasteiger charge is 2.47. The lowest BCUT2D eigenvalue weighted by atomic mass is 10.1. The SMILES string of the molecule is CN(C)c1nc(N)nc2c1ncn2[C@@H]1O[C@H](COP(=O)(O)OP(=O)(O)O)[C@@H](O)[C@H]1F. The van der Waals surface area contributed by atoms with Crippen LogP contribution in [0.1, 0.15) is 6.23 Å². The third-order valence-electron chi connectivity index (χ3n) is 4.02. The molecule has 3 heterocycles. The maximum Gasteiger partial charge on any atom is 0.481 e. The number of nitrogens with zero attached hydrogens (tertiary/aromatic N) is 5. The quantitative estimate of drug-likeness (QED) is 0.315. The molecule has 1 aliphatic heterocycles. The molecule has 1 fully saturated rings. The van der Waals surface area contributed by atoms with Crippen LogP contribution in [0.2, 0.25) is 0 Å². The minimum absolute atomic E-state index is 0.113. The first-order valence-electron chi connectivity index (χ1n) is 8.18. The van der Waals surface area contributed by atoms with Crippen LogP contribution in [0, 0.1) is 0 Å².